The number of aryl methyl sites for hydroxylation is 1. The maximum absolute atomic E-state index is 12.4. The van der Waals surface area contributed by atoms with E-state index in [1.165, 1.54) is 16.2 Å². The van der Waals surface area contributed by atoms with E-state index in [1.807, 2.05) is 31.4 Å². The summed E-state index contributed by atoms with van der Waals surface area (Å²) < 4.78 is 5.65. The molecular formula is C15H17N3O3S. The van der Waals surface area contributed by atoms with Crippen molar-refractivity contribution >= 4 is 23.3 Å². The van der Waals surface area contributed by atoms with Crippen LogP contribution in [0.2, 0.25) is 0 Å². The average molecular weight is 319 g/mol. The highest BCUT2D eigenvalue weighted by Gasteiger charge is 2.40. The number of hydrogen-bond donors (Lipinski definition) is 1. The molecule has 3 amide bonds. The number of amides is 3. The Morgan fingerprint density at radius 3 is 2.91 bits per heavy atom. The number of carbonyl (C=O) groups excluding carboxylic acids is 2. The minimum atomic E-state index is -0.609. The highest BCUT2D eigenvalue weighted by molar-refractivity contribution is 7.13. The molecule has 0 atom stereocenters. The van der Waals surface area contributed by atoms with Crippen molar-refractivity contribution in [2.45, 2.75) is 27.3 Å². The SMILES string of the molecule is Cc1oc(-c2cccs2)nc1CN1C(=O)NCC(C)(C)C1=O. The Balaban J connectivity index is 1.86. The summed E-state index contributed by atoms with van der Waals surface area (Å²) in [6.07, 6.45) is 0. The van der Waals surface area contributed by atoms with E-state index < -0.39 is 5.41 Å². The van der Waals surface area contributed by atoms with E-state index in [2.05, 4.69) is 10.3 Å². The van der Waals surface area contributed by atoms with Crippen molar-refractivity contribution in [1.82, 2.24) is 15.2 Å². The molecule has 0 aromatic carbocycles. The fourth-order valence-corrected chi connectivity index (χ4v) is 2.95. The van der Waals surface area contributed by atoms with Crippen molar-refractivity contribution < 1.29 is 14.0 Å². The molecule has 3 heterocycles. The van der Waals surface area contributed by atoms with Gasteiger partial charge in [-0.05, 0) is 32.2 Å². The van der Waals surface area contributed by atoms with Gasteiger partial charge < -0.3 is 9.73 Å². The lowest BCUT2D eigenvalue weighted by molar-refractivity contribution is -0.139. The third-order valence-electron chi connectivity index (χ3n) is 3.68. The molecule has 0 bridgehead atoms. The van der Waals surface area contributed by atoms with Crippen LogP contribution >= 0.6 is 11.3 Å². The third-order valence-corrected chi connectivity index (χ3v) is 4.54. The first-order valence-corrected chi connectivity index (χ1v) is 7.86. The molecule has 0 spiro atoms. The van der Waals surface area contributed by atoms with Crippen LogP contribution in [-0.4, -0.2) is 28.4 Å². The molecule has 116 valence electrons. The number of nitrogens with one attached hydrogen (secondary N) is 1. The molecule has 7 heteroatoms. The largest absolute Gasteiger partial charge is 0.440 e. The van der Waals surface area contributed by atoms with Crippen molar-refractivity contribution in [3.8, 4) is 10.8 Å². The fraction of sp³-hybridized carbons (Fsp3) is 0.400. The molecule has 2 aromatic rings. The van der Waals surface area contributed by atoms with Gasteiger partial charge in [-0.15, -0.1) is 11.3 Å². The summed E-state index contributed by atoms with van der Waals surface area (Å²) >= 11 is 1.53. The topological polar surface area (TPSA) is 75.4 Å². The number of carbonyl (C=O) groups is 2. The summed E-state index contributed by atoms with van der Waals surface area (Å²) in [5, 5.41) is 4.68. The second kappa shape index (κ2) is 5.24. The number of imide groups is 1. The quantitative estimate of drug-likeness (QED) is 0.944. The standard InChI is InChI=1S/C15H17N3O3S/c1-9-10(17-12(21-9)11-5-4-6-22-11)7-18-13(19)15(2,3)8-16-14(18)20/h4-6H,7-8H2,1-3H3,(H,16,20). The van der Waals surface area contributed by atoms with Crippen molar-refractivity contribution in [2.75, 3.05) is 6.54 Å². The summed E-state index contributed by atoms with van der Waals surface area (Å²) in [5.74, 6) is 0.940. The molecular weight excluding hydrogens is 302 g/mol. The monoisotopic (exact) mass is 319 g/mol. The van der Waals surface area contributed by atoms with E-state index in [1.54, 1.807) is 6.92 Å². The Bertz CT molecular complexity index is 718. The molecule has 6 nitrogen and oxygen atoms in total. The number of urea groups is 1. The smallest absolute Gasteiger partial charge is 0.324 e. The lowest BCUT2D eigenvalue weighted by Gasteiger charge is -2.35. The first kappa shape index (κ1) is 14.8. The number of thiophene rings is 1. The van der Waals surface area contributed by atoms with Crippen molar-refractivity contribution in [3.63, 3.8) is 0 Å². The van der Waals surface area contributed by atoms with E-state index in [4.69, 9.17) is 4.42 Å². The Morgan fingerprint density at radius 2 is 2.23 bits per heavy atom. The Hall–Kier alpha value is -2.15. The van der Waals surface area contributed by atoms with Crippen LogP contribution < -0.4 is 5.32 Å². The molecule has 0 aliphatic carbocycles. The summed E-state index contributed by atoms with van der Waals surface area (Å²) in [6, 6.07) is 3.45. The maximum atomic E-state index is 12.4. The lowest BCUT2D eigenvalue weighted by Crippen LogP contribution is -2.58. The zero-order chi connectivity index (χ0) is 15.9. The lowest BCUT2D eigenvalue weighted by atomic mass is 9.90. The van der Waals surface area contributed by atoms with Gasteiger partial charge in [-0.25, -0.2) is 9.78 Å². The van der Waals surface area contributed by atoms with Crippen LogP contribution in [0.25, 0.3) is 10.8 Å². The minimum Gasteiger partial charge on any atom is -0.440 e. The molecule has 3 rings (SSSR count). The highest BCUT2D eigenvalue weighted by atomic mass is 32.1. The summed E-state index contributed by atoms with van der Waals surface area (Å²) in [6.45, 7) is 5.88. The number of hydrogen-bond acceptors (Lipinski definition) is 5. The number of rotatable bonds is 3. The van der Waals surface area contributed by atoms with Gasteiger partial charge in [0.2, 0.25) is 11.8 Å². The van der Waals surface area contributed by atoms with E-state index in [0.717, 1.165) is 4.88 Å². The third kappa shape index (κ3) is 2.52. The molecule has 1 aliphatic rings. The van der Waals surface area contributed by atoms with E-state index in [-0.39, 0.29) is 18.5 Å². The predicted molar refractivity (Wildman–Crippen MR) is 82.3 cm³/mol. The van der Waals surface area contributed by atoms with E-state index >= 15 is 0 Å². The Labute approximate surface area is 132 Å². The molecule has 1 saturated heterocycles. The molecule has 1 aliphatic heterocycles. The summed E-state index contributed by atoms with van der Waals surface area (Å²) in [7, 11) is 0. The molecule has 0 saturated carbocycles. The Morgan fingerprint density at radius 1 is 1.45 bits per heavy atom. The maximum Gasteiger partial charge on any atom is 0.324 e. The van der Waals surface area contributed by atoms with Crippen LogP contribution in [0.5, 0.6) is 0 Å². The van der Waals surface area contributed by atoms with E-state index in [9.17, 15) is 9.59 Å². The molecule has 1 N–H and O–H groups in total. The fourth-order valence-electron chi connectivity index (χ4n) is 2.30. The van der Waals surface area contributed by atoms with Crippen LogP contribution in [-0.2, 0) is 11.3 Å². The van der Waals surface area contributed by atoms with Crippen LogP contribution in [0.4, 0.5) is 4.79 Å². The molecule has 1 fully saturated rings. The van der Waals surface area contributed by atoms with Gasteiger partial charge in [0.1, 0.15) is 11.5 Å². The van der Waals surface area contributed by atoms with Gasteiger partial charge in [0.25, 0.3) is 0 Å². The normalized spacial score (nSPS) is 17.7. The van der Waals surface area contributed by atoms with Crippen molar-refractivity contribution in [3.05, 3.63) is 29.0 Å². The molecule has 0 radical (unpaired) electrons. The van der Waals surface area contributed by atoms with Gasteiger partial charge in [0, 0.05) is 6.54 Å². The number of aromatic nitrogens is 1. The molecule has 22 heavy (non-hydrogen) atoms. The van der Waals surface area contributed by atoms with Gasteiger partial charge in [-0.1, -0.05) is 6.07 Å². The predicted octanol–water partition coefficient (Wildman–Crippen LogP) is 2.79. The molecule has 2 aromatic heterocycles. The Kier molecular flexibility index (Phi) is 3.52. The number of oxazole rings is 1. The van der Waals surface area contributed by atoms with Crippen LogP contribution in [0.1, 0.15) is 25.3 Å². The van der Waals surface area contributed by atoms with E-state index in [0.29, 0.717) is 23.9 Å². The second-order valence-electron chi connectivity index (χ2n) is 5.93. The molecule has 0 unspecified atom stereocenters. The van der Waals surface area contributed by atoms with Gasteiger partial charge >= 0.3 is 6.03 Å². The second-order valence-corrected chi connectivity index (χ2v) is 6.88. The highest BCUT2D eigenvalue weighted by Crippen LogP contribution is 2.28. The zero-order valence-electron chi connectivity index (χ0n) is 12.7. The summed E-state index contributed by atoms with van der Waals surface area (Å²) in [5.41, 5.74) is -0.00751. The van der Waals surface area contributed by atoms with Gasteiger partial charge in [-0.2, -0.15) is 0 Å². The van der Waals surface area contributed by atoms with Gasteiger partial charge in [0.05, 0.1) is 16.8 Å². The van der Waals surface area contributed by atoms with Gasteiger partial charge in [-0.3, -0.25) is 9.69 Å². The van der Waals surface area contributed by atoms with Gasteiger partial charge in [0.15, 0.2) is 0 Å². The van der Waals surface area contributed by atoms with Crippen molar-refractivity contribution in [1.29, 1.82) is 0 Å². The van der Waals surface area contributed by atoms with Crippen LogP contribution in [0.15, 0.2) is 21.9 Å². The van der Waals surface area contributed by atoms with Crippen LogP contribution in [0.3, 0.4) is 0 Å². The minimum absolute atomic E-state index is 0.120. The summed E-state index contributed by atoms with van der Waals surface area (Å²) in [4.78, 5) is 31.0. The van der Waals surface area contributed by atoms with Crippen LogP contribution in [0, 0.1) is 12.3 Å². The number of nitrogens with zero attached hydrogens (tertiary/aromatic N) is 2. The zero-order valence-corrected chi connectivity index (χ0v) is 13.5. The average Bonchev–Trinajstić information content (AvgIpc) is 3.10. The first-order chi connectivity index (χ1) is 10.4. The van der Waals surface area contributed by atoms with Crippen molar-refractivity contribution in [2.24, 2.45) is 5.41 Å². The first-order valence-electron chi connectivity index (χ1n) is 6.98.